The zero-order chi connectivity index (χ0) is 17.1. The van der Waals surface area contributed by atoms with Gasteiger partial charge in [-0.3, -0.25) is 0 Å². The molecule has 0 amide bonds. The molecule has 4 rings (SSSR count). The fourth-order valence-electron chi connectivity index (χ4n) is 4.59. The van der Waals surface area contributed by atoms with Crippen molar-refractivity contribution in [3.05, 3.63) is 22.8 Å². The summed E-state index contributed by atoms with van der Waals surface area (Å²) < 4.78 is 31.9. The van der Waals surface area contributed by atoms with E-state index in [0.29, 0.717) is 17.5 Å². The monoisotopic (exact) mass is 371 g/mol. The molecule has 4 atom stereocenters. The molecule has 3 saturated heterocycles. The maximum Gasteiger partial charge on any atom is 0.208 e. The van der Waals surface area contributed by atoms with Gasteiger partial charge < -0.3 is 9.64 Å². The van der Waals surface area contributed by atoms with Crippen LogP contribution in [0.25, 0.3) is 0 Å². The quantitative estimate of drug-likeness (QED) is 0.870. The van der Waals surface area contributed by atoms with E-state index in [-0.39, 0.29) is 17.6 Å². The van der Waals surface area contributed by atoms with E-state index in [1.165, 1.54) is 6.26 Å². The predicted octanol–water partition coefficient (Wildman–Crippen LogP) is 1.58. The molecule has 0 aromatic carbocycles. The zero-order valence-corrected chi connectivity index (χ0v) is 15.4. The van der Waals surface area contributed by atoms with Crippen molar-refractivity contribution in [1.82, 2.24) is 9.71 Å². The number of hydrogen-bond donors (Lipinski definition) is 1. The molecule has 8 heteroatoms. The summed E-state index contributed by atoms with van der Waals surface area (Å²) in [6, 6.07) is 3.83. The third-order valence-electron chi connectivity index (χ3n) is 5.70. The molecule has 1 N–H and O–H groups in total. The highest BCUT2D eigenvalue weighted by Gasteiger charge is 2.63. The van der Waals surface area contributed by atoms with Gasteiger partial charge in [0.2, 0.25) is 10.0 Å². The summed E-state index contributed by atoms with van der Waals surface area (Å²) in [5, 5.41) is 0.670. The second-order valence-electron chi connectivity index (χ2n) is 7.27. The van der Waals surface area contributed by atoms with Gasteiger partial charge in [0.05, 0.1) is 28.7 Å². The first-order valence-electron chi connectivity index (χ1n) is 8.28. The molecule has 0 unspecified atom stereocenters. The van der Waals surface area contributed by atoms with Crippen molar-refractivity contribution >= 4 is 27.4 Å². The molecule has 0 aliphatic carbocycles. The number of sulfonamides is 1. The molecule has 24 heavy (non-hydrogen) atoms. The van der Waals surface area contributed by atoms with Crippen LogP contribution in [-0.4, -0.2) is 51.0 Å². The summed E-state index contributed by atoms with van der Waals surface area (Å²) in [4.78, 5) is 6.85. The Morgan fingerprint density at radius 2 is 2.29 bits per heavy atom. The van der Waals surface area contributed by atoms with Gasteiger partial charge in [0.25, 0.3) is 0 Å². The number of ether oxygens (including phenoxy) is 1. The molecule has 0 radical (unpaired) electrons. The number of aryl methyl sites for hydroxylation is 1. The molecule has 3 fully saturated rings. The SMILES string of the molecule is Cc1nc(N2C[C@@H]3[C@H](CNS(C)(=O)=O)[C@H]4CC[C@]3(C2)O4)ccc1Cl. The number of aromatic nitrogens is 1. The van der Waals surface area contributed by atoms with E-state index in [4.69, 9.17) is 16.3 Å². The van der Waals surface area contributed by atoms with Gasteiger partial charge in [-0.15, -0.1) is 0 Å². The first kappa shape index (κ1) is 16.6. The van der Waals surface area contributed by atoms with Crippen LogP contribution in [-0.2, 0) is 14.8 Å². The lowest BCUT2D eigenvalue weighted by atomic mass is 9.74. The van der Waals surface area contributed by atoms with Crippen molar-refractivity contribution in [3.8, 4) is 0 Å². The van der Waals surface area contributed by atoms with Gasteiger partial charge in [0, 0.05) is 31.5 Å². The summed E-state index contributed by atoms with van der Waals surface area (Å²) in [7, 11) is -3.18. The van der Waals surface area contributed by atoms with Crippen LogP contribution in [0.5, 0.6) is 0 Å². The van der Waals surface area contributed by atoms with Gasteiger partial charge in [-0.25, -0.2) is 18.1 Å². The number of anilines is 1. The zero-order valence-electron chi connectivity index (χ0n) is 13.8. The lowest BCUT2D eigenvalue weighted by Gasteiger charge is -2.29. The van der Waals surface area contributed by atoms with Crippen LogP contribution in [0.15, 0.2) is 12.1 Å². The van der Waals surface area contributed by atoms with Crippen LogP contribution in [0, 0.1) is 18.8 Å². The Labute approximate surface area is 147 Å². The minimum Gasteiger partial charge on any atom is -0.369 e. The first-order chi connectivity index (χ1) is 11.3. The minimum atomic E-state index is -3.18. The Morgan fingerprint density at radius 3 is 3.00 bits per heavy atom. The van der Waals surface area contributed by atoms with Gasteiger partial charge in [-0.2, -0.15) is 0 Å². The van der Waals surface area contributed by atoms with Gasteiger partial charge in [0.15, 0.2) is 0 Å². The molecule has 6 nitrogen and oxygen atoms in total. The fourth-order valence-corrected chi connectivity index (χ4v) is 5.19. The normalized spacial score (nSPS) is 34.8. The highest BCUT2D eigenvalue weighted by Crippen LogP contribution is 2.55. The van der Waals surface area contributed by atoms with E-state index < -0.39 is 10.0 Å². The van der Waals surface area contributed by atoms with Crippen LogP contribution in [0.1, 0.15) is 18.5 Å². The van der Waals surface area contributed by atoms with E-state index in [0.717, 1.165) is 37.4 Å². The maximum atomic E-state index is 11.5. The van der Waals surface area contributed by atoms with Gasteiger partial charge in [-0.1, -0.05) is 11.6 Å². The Kier molecular flexibility index (Phi) is 3.84. The van der Waals surface area contributed by atoms with Crippen molar-refractivity contribution in [2.75, 3.05) is 30.8 Å². The highest BCUT2D eigenvalue weighted by atomic mass is 35.5. The number of fused-ring (bicyclic) bond motifs is 1. The molecule has 3 aliphatic heterocycles. The standard InChI is InChI=1S/C16H22ClN3O3S/c1-10-13(17)3-4-15(19-10)20-8-12-11(7-18-24(2,21)22)14-5-6-16(12,9-20)23-14/h3-4,11-12,14,18H,5-9H2,1-2H3/t11-,12+,14+,16+/m0/s1. The lowest BCUT2D eigenvalue weighted by molar-refractivity contribution is 0.0142. The Morgan fingerprint density at radius 1 is 1.50 bits per heavy atom. The first-order valence-corrected chi connectivity index (χ1v) is 10.5. The Bertz CT molecular complexity index is 772. The summed E-state index contributed by atoms with van der Waals surface area (Å²) in [6.45, 7) is 4.02. The van der Waals surface area contributed by atoms with Crippen molar-refractivity contribution in [2.45, 2.75) is 31.5 Å². The van der Waals surface area contributed by atoms with Crippen molar-refractivity contribution in [1.29, 1.82) is 0 Å². The summed E-state index contributed by atoms with van der Waals surface area (Å²) in [5.41, 5.74) is 0.674. The molecule has 3 aliphatic rings. The molecule has 0 saturated carbocycles. The van der Waals surface area contributed by atoms with Gasteiger partial charge in [-0.05, 0) is 31.9 Å². The number of nitrogens with one attached hydrogen (secondary N) is 1. The minimum absolute atomic E-state index is 0.149. The molecule has 1 aromatic heterocycles. The summed E-state index contributed by atoms with van der Waals surface area (Å²) in [6.07, 6.45) is 3.43. The Hall–Kier alpha value is -0.890. The second kappa shape index (κ2) is 5.56. The van der Waals surface area contributed by atoms with Crippen LogP contribution >= 0.6 is 11.6 Å². The third-order valence-corrected chi connectivity index (χ3v) is 6.79. The van der Waals surface area contributed by atoms with E-state index in [2.05, 4.69) is 14.6 Å². The van der Waals surface area contributed by atoms with Crippen LogP contribution in [0.3, 0.4) is 0 Å². The molecule has 1 aromatic rings. The smallest absolute Gasteiger partial charge is 0.208 e. The molecule has 4 heterocycles. The van der Waals surface area contributed by atoms with E-state index in [1.54, 1.807) is 0 Å². The summed E-state index contributed by atoms with van der Waals surface area (Å²) >= 11 is 6.08. The maximum absolute atomic E-state index is 11.5. The van der Waals surface area contributed by atoms with E-state index in [9.17, 15) is 8.42 Å². The molecule has 2 bridgehead atoms. The van der Waals surface area contributed by atoms with Crippen LogP contribution in [0.4, 0.5) is 5.82 Å². The fraction of sp³-hybridized carbons (Fsp3) is 0.688. The molecular weight excluding hydrogens is 350 g/mol. The Balaban J connectivity index is 1.55. The highest BCUT2D eigenvalue weighted by molar-refractivity contribution is 7.88. The topological polar surface area (TPSA) is 71.5 Å². The predicted molar refractivity (Wildman–Crippen MR) is 92.9 cm³/mol. The largest absolute Gasteiger partial charge is 0.369 e. The average molecular weight is 372 g/mol. The summed E-state index contributed by atoms with van der Waals surface area (Å²) in [5.74, 6) is 1.48. The van der Waals surface area contributed by atoms with Gasteiger partial charge >= 0.3 is 0 Å². The van der Waals surface area contributed by atoms with E-state index in [1.807, 2.05) is 19.1 Å². The lowest BCUT2D eigenvalue weighted by Crippen LogP contribution is -2.41. The van der Waals surface area contributed by atoms with Crippen molar-refractivity contribution < 1.29 is 13.2 Å². The number of halogens is 1. The van der Waals surface area contributed by atoms with Crippen LogP contribution in [0.2, 0.25) is 5.02 Å². The van der Waals surface area contributed by atoms with Crippen molar-refractivity contribution in [3.63, 3.8) is 0 Å². The molecular formula is C16H22ClN3O3S. The molecule has 132 valence electrons. The molecule has 1 spiro atoms. The van der Waals surface area contributed by atoms with Crippen LogP contribution < -0.4 is 9.62 Å². The number of pyridine rings is 1. The average Bonchev–Trinajstić information content (AvgIpc) is 3.14. The second-order valence-corrected chi connectivity index (χ2v) is 9.51. The third kappa shape index (κ3) is 2.71. The van der Waals surface area contributed by atoms with Crippen molar-refractivity contribution in [2.24, 2.45) is 11.8 Å². The van der Waals surface area contributed by atoms with Gasteiger partial charge in [0.1, 0.15) is 5.82 Å². The number of rotatable bonds is 4. The number of nitrogens with zero attached hydrogens (tertiary/aromatic N) is 2. The number of hydrogen-bond acceptors (Lipinski definition) is 5. The van der Waals surface area contributed by atoms with E-state index >= 15 is 0 Å².